The molecule has 0 heterocycles. The first-order valence-electron chi connectivity index (χ1n) is 4.91. The molecule has 98 valence electrons. The van der Waals surface area contributed by atoms with Crippen molar-refractivity contribution in [3.63, 3.8) is 0 Å². The SMILES string of the molecule is COC(=O)COc1ccc(NC(=O)C(F)F)cc1. The van der Waals surface area contributed by atoms with Gasteiger partial charge in [0.15, 0.2) is 6.61 Å². The maximum Gasteiger partial charge on any atom is 0.343 e. The van der Waals surface area contributed by atoms with E-state index in [2.05, 4.69) is 4.74 Å². The van der Waals surface area contributed by atoms with E-state index in [0.717, 1.165) is 0 Å². The second-order valence-electron chi connectivity index (χ2n) is 3.18. The van der Waals surface area contributed by atoms with Gasteiger partial charge in [-0.3, -0.25) is 4.79 Å². The Labute approximate surface area is 102 Å². The zero-order valence-electron chi connectivity index (χ0n) is 9.48. The minimum Gasteiger partial charge on any atom is -0.482 e. The lowest BCUT2D eigenvalue weighted by molar-refractivity contribution is -0.142. The number of amides is 1. The third-order valence-electron chi connectivity index (χ3n) is 1.90. The summed E-state index contributed by atoms with van der Waals surface area (Å²) in [6.07, 6.45) is -3.07. The van der Waals surface area contributed by atoms with Crippen molar-refractivity contribution < 1.29 is 27.8 Å². The van der Waals surface area contributed by atoms with Crippen LogP contribution in [0.1, 0.15) is 0 Å². The first kappa shape index (κ1) is 13.9. The fraction of sp³-hybridized carbons (Fsp3) is 0.273. The van der Waals surface area contributed by atoms with Crippen molar-refractivity contribution in [3.05, 3.63) is 24.3 Å². The highest BCUT2D eigenvalue weighted by atomic mass is 19.3. The number of hydrogen-bond donors (Lipinski definition) is 1. The Kier molecular flexibility index (Phi) is 5.04. The number of ether oxygens (including phenoxy) is 2. The van der Waals surface area contributed by atoms with Crippen LogP contribution >= 0.6 is 0 Å². The maximum absolute atomic E-state index is 12.0. The number of benzene rings is 1. The van der Waals surface area contributed by atoms with Gasteiger partial charge in [0.25, 0.3) is 5.91 Å². The third-order valence-corrected chi connectivity index (χ3v) is 1.90. The quantitative estimate of drug-likeness (QED) is 0.813. The Morgan fingerprint density at radius 3 is 2.39 bits per heavy atom. The molecule has 0 fully saturated rings. The molecule has 0 atom stereocenters. The van der Waals surface area contributed by atoms with Gasteiger partial charge in [-0.25, -0.2) is 4.79 Å². The lowest BCUT2D eigenvalue weighted by Gasteiger charge is -2.07. The van der Waals surface area contributed by atoms with E-state index in [1.807, 2.05) is 5.32 Å². The van der Waals surface area contributed by atoms with Gasteiger partial charge < -0.3 is 14.8 Å². The van der Waals surface area contributed by atoms with E-state index in [1.165, 1.54) is 31.4 Å². The number of esters is 1. The molecular formula is C11H11F2NO4. The van der Waals surface area contributed by atoms with Gasteiger partial charge in [-0.15, -0.1) is 0 Å². The molecule has 1 N–H and O–H groups in total. The smallest absolute Gasteiger partial charge is 0.343 e. The fourth-order valence-electron chi connectivity index (χ4n) is 1.03. The van der Waals surface area contributed by atoms with Gasteiger partial charge in [-0.05, 0) is 24.3 Å². The second kappa shape index (κ2) is 6.53. The predicted molar refractivity (Wildman–Crippen MR) is 58.6 cm³/mol. The zero-order valence-corrected chi connectivity index (χ0v) is 9.48. The van der Waals surface area contributed by atoms with Crippen LogP contribution in [0.25, 0.3) is 0 Å². The van der Waals surface area contributed by atoms with Gasteiger partial charge in [-0.1, -0.05) is 0 Å². The number of anilines is 1. The van der Waals surface area contributed by atoms with Crippen LogP contribution in [0.5, 0.6) is 5.75 Å². The van der Waals surface area contributed by atoms with E-state index in [-0.39, 0.29) is 12.3 Å². The van der Waals surface area contributed by atoms with Crippen molar-refractivity contribution in [1.29, 1.82) is 0 Å². The Morgan fingerprint density at radius 2 is 1.89 bits per heavy atom. The molecule has 0 aliphatic rings. The van der Waals surface area contributed by atoms with Crippen LogP contribution in [0, 0.1) is 0 Å². The molecule has 0 saturated heterocycles. The summed E-state index contributed by atoms with van der Waals surface area (Å²) in [5.41, 5.74) is 0.214. The van der Waals surface area contributed by atoms with Crippen molar-refractivity contribution in [2.75, 3.05) is 19.0 Å². The number of carbonyl (C=O) groups excluding carboxylic acids is 2. The van der Waals surface area contributed by atoms with Gasteiger partial charge >= 0.3 is 12.4 Å². The predicted octanol–water partition coefficient (Wildman–Crippen LogP) is 1.44. The molecule has 7 heteroatoms. The van der Waals surface area contributed by atoms with Crippen molar-refractivity contribution in [2.45, 2.75) is 6.43 Å². The van der Waals surface area contributed by atoms with Gasteiger partial charge in [-0.2, -0.15) is 8.78 Å². The lowest BCUT2D eigenvalue weighted by Crippen LogP contribution is -2.19. The molecule has 0 radical (unpaired) electrons. The summed E-state index contributed by atoms with van der Waals surface area (Å²) in [6, 6.07) is 5.63. The Morgan fingerprint density at radius 1 is 1.28 bits per heavy atom. The average molecular weight is 259 g/mol. The molecule has 0 bridgehead atoms. The molecule has 0 saturated carbocycles. The fourth-order valence-corrected chi connectivity index (χ4v) is 1.03. The molecule has 0 aliphatic carbocycles. The minimum absolute atomic E-state index is 0.214. The van der Waals surface area contributed by atoms with Crippen LogP contribution in [0.15, 0.2) is 24.3 Å². The highest BCUT2D eigenvalue weighted by Crippen LogP contribution is 2.16. The molecule has 1 aromatic carbocycles. The van der Waals surface area contributed by atoms with E-state index in [0.29, 0.717) is 5.75 Å². The Bertz CT molecular complexity index is 420. The molecule has 0 aliphatic heterocycles. The standard InChI is InChI=1S/C11H11F2NO4/c1-17-9(15)6-18-8-4-2-7(3-5-8)14-11(16)10(12)13/h2-5,10H,6H2,1H3,(H,14,16). The average Bonchev–Trinajstić information content (AvgIpc) is 2.37. The summed E-state index contributed by atoms with van der Waals surface area (Å²) in [4.78, 5) is 21.5. The number of rotatable bonds is 5. The highest BCUT2D eigenvalue weighted by molar-refractivity contribution is 5.93. The van der Waals surface area contributed by atoms with Gasteiger partial charge in [0.1, 0.15) is 5.75 Å². The monoisotopic (exact) mass is 259 g/mol. The topological polar surface area (TPSA) is 64.6 Å². The first-order chi connectivity index (χ1) is 8.52. The van der Waals surface area contributed by atoms with Crippen LogP contribution in [-0.4, -0.2) is 32.0 Å². The largest absolute Gasteiger partial charge is 0.482 e. The molecule has 0 spiro atoms. The minimum atomic E-state index is -3.07. The summed E-state index contributed by atoms with van der Waals surface area (Å²) in [5, 5.41) is 2.01. The molecule has 1 aromatic rings. The summed E-state index contributed by atoms with van der Waals surface area (Å²) in [7, 11) is 1.23. The number of nitrogens with one attached hydrogen (secondary N) is 1. The summed E-state index contributed by atoms with van der Waals surface area (Å²) >= 11 is 0. The molecule has 1 rings (SSSR count). The molecule has 5 nitrogen and oxygen atoms in total. The number of hydrogen-bond acceptors (Lipinski definition) is 4. The highest BCUT2D eigenvalue weighted by Gasteiger charge is 2.14. The normalized spacial score (nSPS) is 10.0. The summed E-state index contributed by atoms with van der Waals surface area (Å²) < 4.78 is 33.3. The molecule has 18 heavy (non-hydrogen) atoms. The van der Waals surface area contributed by atoms with Crippen LogP contribution in [-0.2, 0) is 14.3 Å². The maximum atomic E-state index is 12.0. The van der Waals surface area contributed by atoms with Crippen LogP contribution in [0.4, 0.5) is 14.5 Å². The van der Waals surface area contributed by atoms with Crippen LogP contribution in [0.2, 0.25) is 0 Å². The van der Waals surface area contributed by atoms with Gasteiger partial charge in [0.05, 0.1) is 7.11 Å². The van der Waals surface area contributed by atoms with Crippen molar-refractivity contribution in [3.8, 4) is 5.75 Å². The summed E-state index contributed by atoms with van der Waals surface area (Å²) in [5.74, 6) is -1.56. The van der Waals surface area contributed by atoms with E-state index >= 15 is 0 Å². The van der Waals surface area contributed by atoms with Crippen LogP contribution < -0.4 is 10.1 Å². The zero-order chi connectivity index (χ0) is 13.5. The van der Waals surface area contributed by atoms with Gasteiger partial charge in [0, 0.05) is 5.69 Å². The number of halogens is 2. The number of alkyl halides is 2. The lowest BCUT2D eigenvalue weighted by atomic mass is 10.3. The van der Waals surface area contributed by atoms with E-state index in [1.54, 1.807) is 0 Å². The van der Waals surface area contributed by atoms with E-state index in [9.17, 15) is 18.4 Å². The Hall–Kier alpha value is -2.18. The summed E-state index contributed by atoms with van der Waals surface area (Å²) in [6.45, 7) is -0.251. The molecule has 0 unspecified atom stereocenters. The molecule has 1 amide bonds. The van der Waals surface area contributed by atoms with E-state index < -0.39 is 18.3 Å². The van der Waals surface area contributed by atoms with Crippen molar-refractivity contribution in [2.24, 2.45) is 0 Å². The number of carbonyl (C=O) groups is 2. The van der Waals surface area contributed by atoms with Crippen LogP contribution in [0.3, 0.4) is 0 Å². The molecule has 0 aromatic heterocycles. The van der Waals surface area contributed by atoms with Crippen molar-refractivity contribution >= 4 is 17.6 Å². The van der Waals surface area contributed by atoms with Gasteiger partial charge in [0.2, 0.25) is 0 Å². The van der Waals surface area contributed by atoms with Crippen molar-refractivity contribution in [1.82, 2.24) is 0 Å². The van der Waals surface area contributed by atoms with E-state index in [4.69, 9.17) is 4.74 Å². The number of methoxy groups -OCH3 is 1. The third kappa shape index (κ3) is 4.36. The Balaban J connectivity index is 2.52. The molecular weight excluding hydrogens is 248 g/mol. The second-order valence-corrected chi connectivity index (χ2v) is 3.18. The first-order valence-corrected chi connectivity index (χ1v) is 4.91.